The summed E-state index contributed by atoms with van der Waals surface area (Å²) in [5.41, 5.74) is 1.60. The lowest BCUT2D eigenvalue weighted by molar-refractivity contribution is 0.102. The normalized spacial score (nSPS) is 14.4. The lowest BCUT2D eigenvalue weighted by Gasteiger charge is -2.25. The number of ether oxygens (including phenoxy) is 2. The van der Waals surface area contributed by atoms with Crippen LogP contribution in [0.3, 0.4) is 0 Å². The largest absolute Gasteiger partial charge is 0.497 e. The number of hydrogen-bond donors (Lipinski definition) is 2. The molecule has 0 spiro atoms. The molecule has 0 bridgehead atoms. The number of piperidine rings is 1. The van der Waals surface area contributed by atoms with Crippen LogP contribution in [0, 0.1) is 0 Å². The van der Waals surface area contributed by atoms with Crippen LogP contribution in [0.25, 0.3) is 0 Å². The van der Waals surface area contributed by atoms with Crippen LogP contribution in [0.2, 0.25) is 0 Å². The van der Waals surface area contributed by atoms with Crippen LogP contribution in [-0.4, -0.2) is 54.4 Å². The molecule has 1 fully saturated rings. The Morgan fingerprint density at radius 1 is 0.846 bits per heavy atom. The highest BCUT2D eigenvalue weighted by molar-refractivity contribution is 7.92. The third kappa shape index (κ3) is 7.08. The van der Waals surface area contributed by atoms with Gasteiger partial charge in [0.25, 0.3) is 15.9 Å². The average molecular weight is 574 g/mol. The summed E-state index contributed by atoms with van der Waals surface area (Å²) in [6, 6.07) is 16.8. The molecule has 0 aromatic heterocycles. The predicted molar refractivity (Wildman–Crippen MR) is 149 cm³/mol. The van der Waals surface area contributed by atoms with Gasteiger partial charge in [-0.1, -0.05) is 18.6 Å². The molecule has 1 heterocycles. The average Bonchev–Trinajstić information content (AvgIpc) is 2.94. The Balaban J connectivity index is 1.38. The number of rotatable bonds is 10. The summed E-state index contributed by atoms with van der Waals surface area (Å²) in [5, 5.41) is 2.72. The van der Waals surface area contributed by atoms with Crippen molar-refractivity contribution in [3.63, 3.8) is 0 Å². The standard InChI is InChI=1S/C27H31N3O7S2/c1-36-23-12-15-25(26(18-23)37-2)29-39(34,35)24-13-10-22(11-14-24)28-27(31)21-8-6-20(7-9-21)19-38(32,33)30-16-4-3-5-17-30/h6-15,18,29H,3-5,16-17,19H2,1-2H3,(H,28,31). The molecule has 1 aliphatic heterocycles. The van der Waals surface area contributed by atoms with Gasteiger partial charge in [-0.25, -0.2) is 21.1 Å². The van der Waals surface area contributed by atoms with Gasteiger partial charge in [-0.2, -0.15) is 0 Å². The molecule has 3 aromatic rings. The van der Waals surface area contributed by atoms with Crippen molar-refractivity contribution in [1.29, 1.82) is 0 Å². The molecule has 1 amide bonds. The van der Waals surface area contributed by atoms with Crippen LogP contribution in [0.4, 0.5) is 11.4 Å². The monoisotopic (exact) mass is 573 g/mol. The van der Waals surface area contributed by atoms with E-state index in [9.17, 15) is 21.6 Å². The highest BCUT2D eigenvalue weighted by Gasteiger charge is 2.24. The summed E-state index contributed by atoms with van der Waals surface area (Å²) >= 11 is 0. The maximum atomic E-state index is 12.9. The maximum absolute atomic E-state index is 12.9. The van der Waals surface area contributed by atoms with E-state index in [4.69, 9.17) is 9.47 Å². The van der Waals surface area contributed by atoms with E-state index >= 15 is 0 Å². The lowest BCUT2D eigenvalue weighted by atomic mass is 10.1. The Morgan fingerprint density at radius 2 is 1.51 bits per heavy atom. The summed E-state index contributed by atoms with van der Waals surface area (Å²) in [5.74, 6) is 0.308. The summed E-state index contributed by atoms with van der Waals surface area (Å²) in [4.78, 5) is 12.7. The maximum Gasteiger partial charge on any atom is 0.262 e. The molecule has 2 N–H and O–H groups in total. The van der Waals surface area contributed by atoms with Gasteiger partial charge in [-0.3, -0.25) is 9.52 Å². The number of amides is 1. The van der Waals surface area contributed by atoms with Gasteiger partial charge in [-0.05, 0) is 66.9 Å². The number of carbonyl (C=O) groups excluding carboxylic acids is 1. The van der Waals surface area contributed by atoms with Crippen LogP contribution >= 0.6 is 0 Å². The molecule has 0 radical (unpaired) electrons. The van der Waals surface area contributed by atoms with E-state index in [0.29, 0.717) is 41.4 Å². The zero-order valence-corrected chi connectivity index (χ0v) is 23.3. The van der Waals surface area contributed by atoms with E-state index in [-0.39, 0.29) is 16.3 Å². The topological polar surface area (TPSA) is 131 Å². The molecule has 4 rings (SSSR count). The van der Waals surface area contributed by atoms with Crippen molar-refractivity contribution in [2.75, 3.05) is 37.3 Å². The zero-order chi connectivity index (χ0) is 28.0. The van der Waals surface area contributed by atoms with Crippen molar-refractivity contribution in [2.24, 2.45) is 0 Å². The van der Waals surface area contributed by atoms with Crippen molar-refractivity contribution in [1.82, 2.24) is 4.31 Å². The first-order chi connectivity index (χ1) is 18.6. The number of benzene rings is 3. The fourth-order valence-electron chi connectivity index (χ4n) is 4.20. The summed E-state index contributed by atoms with van der Waals surface area (Å²) < 4.78 is 65.5. The van der Waals surface area contributed by atoms with Gasteiger partial charge in [0.2, 0.25) is 10.0 Å². The molecule has 39 heavy (non-hydrogen) atoms. The minimum atomic E-state index is -3.93. The van der Waals surface area contributed by atoms with Gasteiger partial charge in [0.05, 0.1) is 30.6 Å². The fraction of sp³-hybridized carbons (Fsp3) is 0.296. The van der Waals surface area contributed by atoms with E-state index in [0.717, 1.165) is 19.3 Å². The molecular formula is C27H31N3O7S2. The minimum absolute atomic E-state index is 0.00219. The molecule has 208 valence electrons. The number of nitrogens with zero attached hydrogens (tertiary/aromatic N) is 1. The van der Waals surface area contributed by atoms with Crippen molar-refractivity contribution in [2.45, 2.75) is 29.9 Å². The van der Waals surface area contributed by atoms with E-state index in [1.165, 1.54) is 48.9 Å². The Bertz CT molecular complexity index is 1520. The molecule has 1 aliphatic rings. The minimum Gasteiger partial charge on any atom is -0.497 e. The summed E-state index contributed by atoms with van der Waals surface area (Å²) in [6.07, 6.45) is 2.79. The molecular weight excluding hydrogens is 542 g/mol. The van der Waals surface area contributed by atoms with Gasteiger partial charge in [0.1, 0.15) is 11.5 Å². The second kappa shape index (κ2) is 12.1. The van der Waals surface area contributed by atoms with Gasteiger partial charge in [-0.15, -0.1) is 0 Å². The van der Waals surface area contributed by atoms with Gasteiger partial charge in [0, 0.05) is 30.4 Å². The third-order valence-corrected chi connectivity index (χ3v) is 9.58. The number of nitrogens with one attached hydrogen (secondary N) is 2. The molecule has 0 unspecified atom stereocenters. The number of carbonyl (C=O) groups is 1. The smallest absolute Gasteiger partial charge is 0.262 e. The first-order valence-corrected chi connectivity index (χ1v) is 15.4. The molecule has 3 aromatic carbocycles. The van der Waals surface area contributed by atoms with Crippen LogP contribution < -0.4 is 19.5 Å². The number of sulfonamides is 2. The Hall–Kier alpha value is -3.61. The highest BCUT2D eigenvalue weighted by Crippen LogP contribution is 2.31. The molecule has 0 aliphatic carbocycles. The number of methoxy groups -OCH3 is 2. The number of hydrogen-bond acceptors (Lipinski definition) is 7. The first-order valence-electron chi connectivity index (χ1n) is 12.3. The molecule has 1 saturated heterocycles. The van der Waals surface area contributed by atoms with Gasteiger partial charge >= 0.3 is 0 Å². The highest BCUT2D eigenvalue weighted by atomic mass is 32.2. The van der Waals surface area contributed by atoms with Crippen molar-refractivity contribution < 1.29 is 31.1 Å². The SMILES string of the molecule is COc1ccc(NS(=O)(=O)c2ccc(NC(=O)c3ccc(CS(=O)(=O)N4CCCCC4)cc3)cc2)c(OC)c1. The third-order valence-electron chi connectivity index (χ3n) is 6.35. The molecule has 12 heteroatoms. The van der Waals surface area contributed by atoms with Crippen LogP contribution in [-0.2, 0) is 25.8 Å². The fourth-order valence-corrected chi connectivity index (χ4v) is 6.89. The lowest BCUT2D eigenvalue weighted by Crippen LogP contribution is -2.36. The molecule has 0 atom stereocenters. The zero-order valence-electron chi connectivity index (χ0n) is 21.7. The summed E-state index contributed by atoms with van der Waals surface area (Å²) in [6.45, 7) is 1.10. The second-order valence-electron chi connectivity index (χ2n) is 9.06. The summed E-state index contributed by atoms with van der Waals surface area (Å²) in [7, 11) is -4.40. The van der Waals surface area contributed by atoms with Gasteiger partial charge < -0.3 is 14.8 Å². The van der Waals surface area contributed by atoms with Crippen molar-refractivity contribution >= 4 is 37.3 Å². The van der Waals surface area contributed by atoms with Crippen LogP contribution in [0.15, 0.2) is 71.6 Å². The molecule has 0 saturated carbocycles. The van der Waals surface area contributed by atoms with E-state index in [1.807, 2.05) is 0 Å². The van der Waals surface area contributed by atoms with Crippen LogP contribution in [0.5, 0.6) is 11.5 Å². The van der Waals surface area contributed by atoms with Crippen molar-refractivity contribution in [3.8, 4) is 11.5 Å². The molecule has 10 nitrogen and oxygen atoms in total. The van der Waals surface area contributed by atoms with Crippen molar-refractivity contribution in [3.05, 3.63) is 77.9 Å². The van der Waals surface area contributed by atoms with Gasteiger partial charge in [0.15, 0.2) is 0 Å². The van der Waals surface area contributed by atoms with Crippen LogP contribution in [0.1, 0.15) is 35.2 Å². The van der Waals surface area contributed by atoms with E-state index < -0.39 is 26.0 Å². The number of anilines is 2. The van der Waals surface area contributed by atoms with E-state index in [1.54, 1.807) is 36.4 Å². The Morgan fingerprint density at radius 3 is 2.13 bits per heavy atom. The predicted octanol–water partition coefficient (Wildman–Crippen LogP) is 4.07. The second-order valence-corrected chi connectivity index (χ2v) is 12.7. The Kier molecular flexibility index (Phi) is 8.78. The first kappa shape index (κ1) is 28.4. The Labute approximate surface area is 229 Å². The quantitative estimate of drug-likeness (QED) is 0.374. The van der Waals surface area contributed by atoms with E-state index in [2.05, 4.69) is 10.0 Å².